The summed E-state index contributed by atoms with van der Waals surface area (Å²) in [5, 5.41) is 7.86. The first-order chi connectivity index (χ1) is 10.6. The summed E-state index contributed by atoms with van der Waals surface area (Å²) in [6.07, 6.45) is 3.55. The zero-order valence-corrected chi connectivity index (χ0v) is 16.2. The predicted octanol–water partition coefficient (Wildman–Crippen LogP) is 5.19. The van der Waals surface area contributed by atoms with Gasteiger partial charge in [-0.15, -0.1) is 12.4 Å². The zero-order chi connectivity index (χ0) is 15.8. The standard InChI is InChI=1S/C17H15Br2N3.ClH/c18-15-5-1-3-13(7-15)9-21-11-17(20)12-22-10-14-4-2-6-16(19)8-14;/h1-10,20H,11-12H2;1H. The minimum Gasteiger partial charge on any atom is -0.306 e. The fourth-order valence-corrected chi connectivity index (χ4v) is 2.58. The van der Waals surface area contributed by atoms with Crippen LogP contribution >= 0.6 is 44.3 Å². The number of rotatable bonds is 6. The molecule has 0 atom stereocenters. The first-order valence-corrected chi connectivity index (χ1v) is 8.29. The second-order valence-corrected chi connectivity index (χ2v) is 6.48. The highest BCUT2D eigenvalue weighted by molar-refractivity contribution is 9.10. The van der Waals surface area contributed by atoms with Crippen LogP contribution in [0, 0.1) is 5.41 Å². The number of hydrogen-bond donors (Lipinski definition) is 1. The Kier molecular flexibility index (Phi) is 8.99. The molecule has 0 heterocycles. The Hall–Kier alpha value is -1.30. The average Bonchev–Trinajstić information content (AvgIpc) is 2.47. The Bertz CT molecular complexity index is 655. The van der Waals surface area contributed by atoms with Gasteiger partial charge in [-0.25, -0.2) is 0 Å². The van der Waals surface area contributed by atoms with E-state index in [0.29, 0.717) is 18.8 Å². The number of nitrogens with one attached hydrogen (secondary N) is 1. The summed E-state index contributed by atoms with van der Waals surface area (Å²) in [6, 6.07) is 15.8. The van der Waals surface area contributed by atoms with Gasteiger partial charge < -0.3 is 5.41 Å². The Morgan fingerprint density at radius 2 is 1.30 bits per heavy atom. The molecule has 0 saturated heterocycles. The number of aliphatic imine (C=N–C) groups is 2. The normalized spacial score (nSPS) is 10.9. The van der Waals surface area contributed by atoms with E-state index in [-0.39, 0.29) is 12.4 Å². The molecular weight excluding hydrogens is 441 g/mol. The molecule has 0 saturated carbocycles. The van der Waals surface area contributed by atoms with Crippen LogP contribution in [0.3, 0.4) is 0 Å². The molecule has 2 rings (SSSR count). The molecule has 0 spiro atoms. The first-order valence-electron chi connectivity index (χ1n) is 6.70. The van der Waals surface area contributed by atoms with Gasteiger partial charge in [0.2, 0.25) is 0 Å². The Morgan fingerprint density at radius 3 is 1.70 bits per heavy atom. The van der Waals surface area contributed by atoms with Crippen molar-refractivity contribution >= 4 is 62.4 Å². The molecule has 2 aromatic carbocycles. The largest absolute Gasteiger partial charge is 0.306 e. The maximum absolute atomic E-state index is 7.86. The lowest BCUT2D eigenvalue weighted by Gasteiger charge is -1.97. The lowest BCUT2D eigenvalue weighted by molar-refractivity contribution is 1.17. The van der Waals surface area contributed by atoms with Crippen molar-refractivity contribution in [1.82, 2.24) is 0 Å². The van der Waals surface area contributed by atoms with Gasteiger partial charge >= 0.3 is 0 Å². The molecule has 0 fully saturated rings. The van der Waals surface area contributed by atoms with Crippen LogP contribution < -0.4 is 0 Å². The molecule has 0 aliphatic rings. The van der Waals surface area contributed by atoms with E-state index in [1.165, 1.54) is 0 Å². The van der Waals surface area contributed by atoms with Gasteiger partial charge in [-0.05, 0) is 35.4 Å². The summed E-state index contributed by atoms with van der Waals surface area (Å²) in [5.74, 6) is 0. The molecule has 0 aromatic heterocycles. The van der Waals surface area contributed by atoms with Gasteiger partial charge in [0.25, 0.3) is 0 Å². The van der Waals surface area contributed by atoms with Crippen molar-refractivity contribution in [2.75, 3.05) is 13.1 Å². The summed E-state index contributed by atoms with van der Waals surface area (Å²) in [4.78, 5) is 8.54. The molecule has 120 valence electrons. The Balaban J connectivity index is 0.00000264. The van der Waals surface area contributed by atoms with E-state index in [0.717, 1.165) is 20.1 Å². The number of halogens is 3. The van der Waals surface area contributed by atoms with Gasteiger partial charge in [0.1, 0.15) is 0 Å². The van der Waals surface area contributed by atoms with Crippen LogP contribution in [-0.2, 0) is 0 Å². The minimum absolute atomic E-state index is 0. The lowest BCUT2D eigenvalue weighted by Crippen LogP contribution is -2.06. The summed E-state index contributed by atoms with van der Waals surface area (Å²) in [5.41, 5.74) is 2.51. The van der Waals surface area contributed by atoms with Crippen molar-refractivity contribution in [3.05, 3.63) is 68.6 Å². The van der Waals surface area contributed by atoms with Crippen molar-refractivity contribution in [2.45, 2.75) is 0 Å². The van der Waals surface area contributed by atoms with Crippen LogP contribution in [-0.4, -0.2) is 31.2 Å². The molecule has 2 aromatic rings. The molecule has 0 aliphatic carbocycles. The molecule has 23 heavy (non-hydrogen) atoms. The number of hydrogen-bond acceptors (Lipinski definition) is 3. The predicted molar refractivity (Wildman–Crippen MR) is 108 cm³/mol. The van der Waals surface area contributed by atoms with E-state index in [2.05, 4.69) is 41.8 Å². The number of benzene rings is 2. The molecule has 0 unspecified atom stereocenters. The van der Waals surface area contributed by atoms with Crippen molar-refractivity contribution in [1.29, 1.82) is 5.41 Å². The summed E-state index contributed by atoms with van der Waals surface area (Å²) >= 11 is 6.84. The Labute approximate surface area is 159 Å². The van der Waals surface area contributed by atoms with Gasteiger partial charge in [-0.2, -0.15) is 0 Å². The summed E-state index contributed by atoms with van der Waals surface area (Å²) in [7, 11) is 0. The summed E-state index contributed by atoms with van der Waals surface area (Å²) in [6.45, 7) is 0.727. The zero-order valence-electron chi connectivity index (χ0n) is 12.2. The molecular formula is C17H16Br2ClN3. The molecule has 0 amide bonds. The second kappa shape index (κ2) is 10.5. The minimum atomic E-state index is 0. The first kappa shape index (κ1) is 19.7. The lowest BCUT2D eigenvalue weighted by atomic mass is 10.2. The van der Waals surface area contributed by atoms with E-state index >= 15 is 0 Å². The van der Waals surface area contributed by atoms with E-state index in [1.807, 2.05) is 48.5 Å². The van der Waals surface area contributed by atoms with Crippen molar-refractivity contribution < 1.29 is 0 Å². The van der Waals surface area contributed by atoms with Gasteiger partial charge in [0.05, 0.1) is 18.8 Å². The van der Waals surface area contributed by atoms with Crippen molar-refractivity contribution in [3.8, 4) is 0 Å². The Morgan fingerprint density at radius 1 is 0.870 bits per heavy atom. The highest BCUT2D eigenvalue weighted by Crippen LogP contribution is 2.10. The van der Waals surface area contributed by atoms with E-state index in [1.54, 1.807) is 12.4 Å². The number of nitrogens with zero attached hydrogens (tertiary/aromatic N) is 2. The van der Waals surface area contributed by atoms with Gasteiger partial charge in [0.15, 0.2) is 0 Å². The third-order valence-corrected chi connectivity index (χ3v) is 3.73. The highest BCUT2D eigenvalue weighted by atomic mass is 79.9. The van der Waals surface area contributed by atoms with Gasteiger partial charge in [-0.3, -0.25) is 9.98 Å². The average molecular weight is 458 g/mol. The molecule has 0 radical (unpaired) electrons. The molecule has 0 bridgehead atoms. The summed E-state index contributed by atoms with van der Waals surface area (Å²) < 4.78 is 2.04. The van der Waals surface area contributed by atoms with E-state index in [9.17, 15) is 0 Å². The van der Waals surface area contributed by atoms with Gasteiger partial charge in [0, 0.05) is 21.4 Å². The van der Waals surface area contributed by atoms with Crippen molar-refractivity contribution in [2.24, 2.45) is 9.98 Å². The third kappa shape index (κ3) is 7.68. The van der Waals surface area contributed by atoms with Crippen LogP contribution in [0.5, 0.6) is 0 Å². The molecule has 0 aliphatic heterocycles. The van der Waals surface area contributed by atoms with Crippen LogP contribution in [0.25, 0.3) is 0 Å². The highest BCUT2D eigenvalue weighted by Gasteiger charge is 1.94. The fraction of sp³-hybridized carbons (Fsp3) is 0.118. The quantitative estimate of drug-likeness (QED) is 0.581. The van der Waals surface area contributed by atoms with E-state index in [4.69, 9.17) is 5.41 Å². The monoisotopic (exact) mass is 455 g/mol. The molecule has 3 nitrogen and oxygen atoms in total. The fourth-order valence-electron chi connectivity index (χ4n) is 1.75. The van der Waals surface area contributed by atoms with Crippen molar-refractivity contribution in [3.63, 3.8) is 0 Å². The van der Waals surface area contributed by atoms with E-state index < -0.39 is 0 Å². The smallest absolute Gasteiger partial charge is 0.0784 e. The van der Waals surface area contributed by atoms with Crippen LogP contribution in [0.4, 0.5) is 0 Å². The van der Waals surface area contributed by atoms with Crippen LogP contribution in [0.15, 0.2) is 67.5 Å². The maximum Gasteiger partial charge on any atom is 0.0784 e. The van der Waals surface area contributed by atoms with Gasteiger partial charge in [-0.1, -0.05) is 56.1 Å². The molecule has 1 N–H and O–H groups in total. The van der Waals surface area contributed by atoms with Crippen LogP contribution in [0.2, 0.25) is 0 Å². The second-order valence-electron chi connectivity index (χ2n) is 4.65. The SMILES string of the molecule is Cl.N=C(CN=Cc1cccc(Br)c1)CN=Cc1cccc(Br)c1. The molecule has 6 heteroatoms. The third-order valence-electron chi connectivity index (χ3n) is 2.74. The topological polar surface area (TPSA) is 48.6 Å². The van der Waals surface area contributed by atoms with Crippen LogP contribution in [0.1, 0.15) is 11.1 Å². The maximum atomic E-state index is 7.86.